The number of nitrogens with one attached hydrogen (secondary N) is 1. The lowest BCUT2D eigenvalue weighted by Crippen LogP contribution is -2.19. The molecule has 0 unspecified atom stereocenters. The molecule has 1 aromatic carbocycles. The van der Waals surface area contributed by atoms with Crippen LogP contribution in [0.5, 0.6) is 0 Å². The van der Waals surface area contributed by atoms with Crippen LogP contribution in [0.2, 0.25) is 0 Å². The van der Waals surface area contributed by atoms with Gasteiger partial charge in [-0.15, -0.1) is 0 Å². The van der Waals surface area contributed by atoms with Gasteiger partial charge in [-0.05, 0) is 11.6 Å². The lowest BCUT2D eigenvalue weighted by atomic mass is 10.1. The van der Waals surface area contributed by atoms with Gasteiger partial charge in [0.05, 0.1) is 6.61 Å². The number of aliphatic hydroxyl groups excluding tert-OH is 1. The molecule has 0 fully saturated rings. The normalized spacial score (nSPS) is 9.50. The quantitative estimate of drug-likeness (QED) is 0.672. The topological polar surface area (TPSA) is 49.3 Å². The van der Waals surface area contributed by atoms with E-state index in [9.17, 15) is 4.79 Å². The smallest absolute Gasteiger partial charge is 0.251 e. The average molecular weight is 165 g/mol. The third-order valence-electron chi connectivity index (χ3n) is 1.66. The number of amides is 1. The molecular weight excluding hydrogens is 154 g/mol. The average Bonchev–Trinajstić information content (AvgIpc) is 2.16. The standard InChI is InChI=1S/C9H11NO2/c1-10-9(12)8-5-3-2-4-7(8)6-11/h2-5,11H,6H2,1H3,(H,10,12). The molecule has 1 aromatic rings. The van der Waals surface area contributed by atoms with Gasteiger partial charge in [-0.25, -0.2) is 0 Å². The fourth-order valence-corrected chi connectivity index (χ4v) is 1.01. The van der Waals surface area contributed by atoms with Crippen LogP contribution in [0.1, 0.15) is 15.9 Å². The molecule has 0 saturated heterocycles. The summed E-state index contributed by atoms with van der Waals surface area (Å²) in [6, 6.07) is 6.97. The second-order valence-corrected chi connectivity index (χ2v) is 2.39. The molecular formula is C9H11NO2. The van der Waals surface area contributed by atoms with E-state index >= 15 is 0 Å². The third kappa shape index (κ3) is 1.62. The molecule has 3 heteroatoms. The molecule has 3 nitrogen and oxygen atoms in total. The van der Waals surface area contributed by atoms with Crippen molar-refractivity contribution in [2.45, 2.75) is 6.61 Å². The van der Waals surface area contributed by atoms with Crippen molar-refractivity contribution in [3.8, 4) is 0 Å². The van der Waals surface area contributed by atoms with Gasteiger partial charge < -0.3 is 10.4 Å². The highest BCUT2D eigenvalue weighted by atomic mass is 16.3. The first kappa shape index (κ1) is 8.74. The number of aliphatic hydroxyl groups is 1. The van der Waals surface area contributed by atoms with Crippen molar-refractivity contribution >= 4 is 5.91 Å². The van der Waals surface area contributed by atoms with Crippen molar-refractivity contribution in [2.24, 2.45) is 0 Å². The van der Waals surface area contributed by atoms with Gasteiger partial charge in [-0.1, -0.05) is 18.2 Å². The minimum absolute atomic E-state index is 0.108. The third-order valence-corrected chi connectivity index (χ3v) is 1.66. The van der Waals surface area contributed by atoms with Gasteiger partial charge in [0, 0.05) is 12.6 Å². The highest BCUT2D eigenvalue weighted by Crippen LogP contribution is 2.07. The van der Waals surface area contributed by atoms with Crippen LogP contribution >= 0.6 is 0 Å². The molecule has 64 valence electrons. The number of hydrogen-bond donors (Lipinski definition) is 2. The molecule has 1 amide bonds. The van der Waals surface area contributed by atoms with Gasteiger partial charge in [0.2, 0.25) is 0 Å². The molecule has 2 N–H and O–H groups in total. The van der Waals surface area contributed by atoms with E-state index in [4.69, 9.17) is 5.11 Å². The Morgan fingerprint density at radius 3 is 2.75 bits per heavy atom. The Hall–Kier alpha value is -1.35. The van der Waals surface area contributed by atoms with Crippen molar-refractivity contribution in [1.29, 1.82) is 0 Å². The maximum atomic E-state index is 11.2. The highest BCUT2D eigenvalue weighted by molar-refractivity contribution is 5.95. The number of carbonyl (C=O) groups is 1. The van der Waals surface area contributed by atoms with E-state index in [2.05, 4.69) is 5.32 Å². The summed E-state index contributed by atoms with van der Waals surface area (Å²) < 4.78 is 0. The van der Waals surface area contributed by atoms with E-state index in [-0.39, 0.29) is 12.5 Å². The van der Waals surface area contributed by atoms with Crippen LogP contribution in [-0.4, -0.2) is 18.1 Å². The summed E-state index contributed by atoms with van der Waals surface area (Å²) in [6.07, 6.45) is 0. The number of carbonyl (C=O) groups excluding carboxylic acids is 1. The van der Waals surface area contributed by atoms with Crippen LogP contribution in [0.3, 0.4) is 0 Å². The number of hydrogen-bond acceptors (Lipinski definition) is 2. The van der Waals surface area contributed by atoms with Gasteiger partial charge in [0.25, 0.3) is 5.91 Å². The van der Waals surface area contributed by atoms with Gasteiger partial charge in [0.15, 0.2) is 0 Å². The zero-order valence-corrected chi connectivity index (χ0v) is 6.87. The predicted octanol–water partition coefficient (Wildman–Crippen LogP) is 0.538. The minimum Gasteiger partial charge on any atom is -0.392 e. The van der Waals surface area contributed by atoms with Gasteiger partial charge in [-0.2, -0.15) is 0 Å². The summed E-state index contributed by atoms with van der Waals surface area (Å²) in [5.41, 5.74) is 1.18. The van der Waals surface area contributed by atoms with Gasteiger partial charge >= 0.3 is 0 Å². The van der Waals surface area contributed by atoms with Crippen LogP contribution in [0.25, 0.3) is 0 Å². The first-order chi connectivity index (χ1) is 5.79. The second kappa shape index (κ2) is 3.88. The Morgan fingerprint density at radius 2 is 2.17 bits per heavy atom. The number of benzene rings is 1. The van der Waals surface area contributed by atoms with Gasteiger partial charge in [0.1, 0.15) is 0 Å². The largest absolute Gasteiger partial charge is 0.392 e. The maximum absolute atomic E-state index is 11.2. The van der Waals surface area contributed by atoms with Crippen LogP contribution < -0.4 is 5.32 Å². The minimum atomic E-state index is -0.167. The molecule has 0 bridgehead atoms. The van der Waals surface area contributed by atoms with E-state index < -0.39 is 0 Å². The summed E-state index contributed by atoms with van der Waals surface area (Å²) in [5, 5.41) is 11.4. The Balaban J connectivity index is 3.04. The summed E-state index contributed by atoms with van der Waals surface area (Å²) in [6.45, 7) is -0.108. The zero-order chi connectivity index (χ0) is 8.97. The first-order valence-electron chi connectivity index (χ1n) is 3.70. The number of rotatable bonds is 2. The lowest BCUT2D eigenvalue weighted by molar-refractivity contribution is 0.0960. The summed E-state index contributed by atoms with van der Waals surface area (Å²) in [5.74, 6) is -0.167. The molecule has 0 aliphatic rings. The first-order valence-corrected chi connectivity index (χ1v) is 3.70. The van der Waals surface area contributed by atoms with Crippen molar-refractivity contribution in [3.05, 3.63) is 35.4 Å². The molecule has 0 aliphatic carbocycles. The Morgan fingerprint density at radius 1 is 1.50 bits per heavy atom. The van der Waals surface area contributed by atoms with Crippen molar-refractivity contribution in [2.75, 3.05) is 7.05 Å². The summed E-state index contributed by atoms with van der Waals surface area (Å²) in [7, 11) is 1.57. The molecule has 1 rings (SSSR count). The molecule has 0 spiro atoms. The fraction of sp³-hybridized carbons (Fsp3) is 0.222. The van der Waals surface area contributed by atoms with Crippen molar-refractivity contribution in [3.63, 3.8) is 0 Å². The van der Waals surface area contributed by atoms with E-state index in [1.165, 1.54) is 0 Å². The summed E-state index contributed by atoms with van der Waals surface area (Å²) in [4.78, 5) is 11.2. The zero-order valence-electron chi connectivity index (χ0n) is 6.87. The Labute approximate surface area is 71.0 Å². The van der Waals surface area contributed by atoms with E-state index in [0.29, 0.717) is 11.1 Å². The molecule has 0 heterocycles. The van der Waals surface area contributed by atoms with Crippen molar-refractivity contribution in [1.82, 2.24) is 5.32 Å². The van der Waals surface area contributed by atoms with E-state index in [1.54, 1.807) is 31.3 Å². The fourth-order valence-electron chi connectivity index (χ4n) is 1.01. The lowest BCUT2D eigenvalue weighted by Gasteiger charge is -2.04. The van der Waals surface area contributed by atoms with E-state index in [1.807, 2.05) is 0 Å². The maximum Gasteiger partial charge on any atom is 0.251 e. The molecule has 0 radical (unpaired) electrons. The van der Waals surface area contributed by atoms with Crippen molar-refractivity contribution < 1.29 is 9.90 Å². The molecule has 12 heavy (non-hydrogen) atoms. The SMILES string of the molecule is CNC(=O)c1ccccc1CO. The highest BCUT2D eigenvalue weighted by Gasteiger charge is 2.06. The monoisotopic (exact) mass is 165 g/mol. The predicted molar refractivity (Wildman–Crippen MR) is 45.8 cm³/mol. The molecule has 0 atom stereocenters. The van der Waals surface area contributed by atoms with E-state index in [0.717, 1.165) is 0 Å². The molecule has 0 aromatic heterocycles. The second-order valence-electron chi connectivity index (χ2n) is 2.39. The van der Waals surface area contributed by atoms with Crippen LogP contribution in [0, 0.1) is 0 Å². The molecule has 0 aliphatic heterocycles. The van der Waals surface area contributed by atoms with Gasteiger partial charge in [-0.3, -0.25) is 4.79 Å². The molecule has 0 saturated carbocycles. The summed E-state index contributed by atoms with van der Waals surface area (Å²) >= 11 is 0. The Bertz CT molecular complexity index is 284. The Kier molecular flexibility index (Phi) is 2.82. The van der Waals surface area contributed by atoms with Crippen LogP contribution in [0.15, 0.2) is 24.3 Å². The van der Waals surface area contributed by atoms with Crippen LogP contribution in [-0.2, 0) is 6.61 Å². The van der Waals surface area contributed by atoms with Crippen LogP contribution in [0.4, 0.5) is 0 Å².